The molecule has 2 aliphatic rings. The van der Waals surface area contributed by atoms with Crippen LogP contribution < -0.4 is 21.7 Å². The van der Waals surface area contributed by atoms with Crippen molar-refractivity contribution in [3.63, 3.8) is 0 Å². The van der Waals surface area contributed by atoms with Crippen LogP contribution in [0.3, 0.4) is 0 Å². The van der Waals surface area contributed by atoms with Crippen molar-refractivity contribution in [2.75, 3.05) is 13.2 Å². The van der Waals surface area contributed by atoms with Gasteiger partial charge in [-0.1, -0.05) is 102 Å². The van der Waals surface area contributed by atoms with Gasteiger partial charge in [-0.3, -0.25) is 19.2 Å². The lowest BCUT2D eigenvalue weighted by atomic mass is 9.80. The van der Waals surface area contributed by atoms with E-state index >= 15 is 0 Å². The monoisotopic (exact) mass is 651 g/mol. The maximum Gasteiger partial charge on any atom is 0.329 e. The molecule has 12 nitrogen and oxygen atoms in total. The van der Waals surface area contributed by atoms with Crippen molar-refractivity contribution >= 4 is 35.5 Å². The highest BCUT2D eigenvalue weighted by Gasteiger charge is 2.44. The minimum atomic E-state index is -1.11. The van der Waals surface area contributed by atoms with Crippen LogP contribution in [0.5, 0.6) is 0 Å². The van der Waals surface area contributed by atoms with Crippen molar-refractivity contribution in [1.29, 1.82) is 0 Å². The number of urea groups is 1. The van der Waals surface area contributed by atoms with Crippen LogP contribution in [-0.2, 0) is 28.7 Å². The van der Waals surface area contributed by atoms with Gasteiger partial charge in [0.1, 0.15) is 18.1 Å². The van der Waals surface area contributed by atoms with E-state index in [4.69, 9.17) is 10.5 Å². The Hall–Kier alpha value is -3.18. The summed E-state index contributed by atoms with van der Waals surface area (Å²) in [6, 6.07) is -4.64. The molecule has 5 N–H and O–H groups in total. The smallest absolute Gasteiger partial charge is 0.329 e. The Morgan fingerprint density at radius 3 is 1.76 bits per heavy atom. The molecule has 0 radical (unpaired) electrons. The third kappa shape index (κ3) is 12.9. The molecule has 1 aliphatic heterocycles. The van der Waals surface area contributed by atoms with Gasteiger partial charge in [-0.15, -0.1) is 0 Å². The van der Waals surface area contributed by atoms with Gasteiger partial charge in [0, 0.05) is 6.54 Å². The summed E-state index contributed by atoms with van der Waals surface area (Å²) < 4.78 is 5.48. The largest absolute Gasteiger partial charge is 0.464 e. The van der Waals surface area contributed by atoms with E-state index in [0.29, 0.717) is 19.3 Å². The fourth-order valence-corrected chi connectivity index (χ4v) is 5.15. The Morgan fingerprint density at radius 2 is 1.33 bits per heavy atom. The number of likely N-dealkylation sites (tertiary alicyclic amines) is 1. The summed E-state index contributed by atoms with van der Waals surface area (Å²) in [4.78, 5) is 79.0. The van der Waals surface area contributed by atoms with E-state index in [1.807, 2.05) is 20.8 Å². The standard InChI is InChI=1S/C31H53N5O7.C3H8/c1-29(2,3)17-43-27(41)23(31(7,8)9)35-28(42)34-22(30(4,5)6)26(40)36-15-11-14-20(36)25(39)33-19(21(37)24(32)38)16-18-12-10-13-18;1-3-2/h18-20,22-23H,10-17H2,1-9H3,(H2,32,38)(H,33,39)(H2,34,35,42);3H2,1-2H3/t19?,20-,22?,23?;/m0./s1. The number of Topliss-reactive ketones (excluding diaryl/α,β-unsaturated/α-hetero) is 1. The molecule has 2 fully saturated rings. The first-order valence-electron chi connectivity index (χ1n) is 16.7. The molecule has 264 valence electrons. The fraction of sp³-hybridized carbons (Fsp3) is 0.824. The van der Waals surface area contributed by atoms with Gasteiger partial charge >= 0.3 is 12.0 Å². The number of nitrogens with one attached hydrogen (secondary N) is 3. The minimum Gasteiger partial charge on any atom is -0.464 e. The van der Waals surface area contributed by atoms with Crippen LogP contribution in [0.15, 0.2) is 0 Å². The van der Waals surface area contributed by atoms with E-state index in [1.54, 1.807) is 41.5 Å². The van der Waals surface area contributed by atoms with Crippen LogP contribution in [0.4, 0.5) is 4.79 Å². The number of carbonyl (C=O) groups excluding carboxylic acids is 6. The molecule has 2 rings (SSSR count). The first-order valence-corrected chi connectivity index (χ1v) is 16.7. The molecule has 3 unspecified atom stereocenters. The molecule has 0 aromatic carbocycles. The predicted octanol–water partition coefficient (Wildman–Crippen LogP) is 3.84. The molecule has 5 amide bonds. The molecule has 0 aromatic heterocycles. The predicted molar refractivity (Wildman–Crippen MR) is 177 cm³/mol. The van der Waals surface area contributed by atoms with E-state index in [0.717, 1.165) is 19.3 Å². The number of amides is 5. The Morgan fingerprint density at radius 1 is 0.804 bits per heavy atom. The molecular formula is C34H61N5O7. The van der Waals surface area contributed by atoms with Gasteiger partial charge < -0.3 is 31.3 Å². The average Bonchev–Trinajstić information content (AvgIpc) is 3.38. The average molecular weight is 652 g/mol. The number of esters is 1. The number of carbonyl (C=O) groups is 6. The highest BCUT2D eigenvalue weighted by molar-refractivity contribution is 6.37. The molecule has 0 aromatic rings. The van der Waals surface area contributed by atoms with E-state index in [-0.39, 0.29) is 24.5 Å². The second-order valence-electron chi connectivity index (χ2n) is 16.1. The van der Waals surface area contributed by atoms with Crippen molar-refractivity contribution in [2.45, 2.75) is 145 Å². The number of hydrogen-bond donors (Lipinski definition) is 4. The number of ketones is 1. The Bertz CT molecular complexity index is 1080. The highest BCUT2D eigenvalue weighted by Crippen LogP contribution is 2.31. The second kappa shape index (κ2) is 17.1. The van der Waals surface area contributed by atoms with Gasteiger partial charge in [0.15, 0.2) is 0 Å². The second-order valence-corrected chi connectivity index (χ2v) is 16.1. The number of nitrogens with zero attached hydrogens (tertiary/aromatic N) is 1. The number of rotatable bonds is 11. The summed E-state index contributed by atoms with van der Waals surface area (Å²) in [7, 11) is 0. The normalized spacial score (nSPS) is 18.9. The van der Waals surface area contributed by atoms with Crippen molar-refractivity contribution in [1.82, 2.24) is 20.9 Å². The van der Waals surface area contributed by atoms with Gasteiger partial charge in [0.2, 0.25) is 17.6 Å². The number of nitrogens with two attached hydrogens (primary N) is 1. The summed E-state index contributed by atoms with van der Waals surface area (Å²) in [6.45, 7) is 21.3. The van der Waals surface area contributed by atoms with Crippen molar-refractivity contribution in [2.24, 2.45) is 27.9 Å². The van der Waals surface area contributed by atoms with E-state index in [9.17, 15) is 28.8 Å². The summed E-state index contributed by atoms with van der Waals surface area (Å²) in [5.41, 5.74) is 3.56. The Kier molecular flexibility index (Phi) is 15.2. The topological polar surface area (TPSA) is 177 Å². The number of hydrogen-bond acceptors (Lipinski definition) is 7. The molecule has 1 saturated carbocycles. The maximum atomic E-state index is 13.9. The summed E-state index contributed by atoms with van der Waals surface area (Å²) in [6.07, 6.45) is 5.36. The zero-order valence-electron chi connectivity index (χ0n) is 30.1. The third-order valence-electron chi connectivity index (χ3n) is 7.92. The van der Waals surface area contributed by atoms with Crippen molar-refractivity contribution in [3.05, 3.63) is 0 Å². The van der Waals surface area contributed by atoms with Crippen molar-refractivity contribution in [3.8, 4) is 0 Å². The van der Waals surface area contributed by atoms with Crippen LogP contribution in [0.1, 0.15) is 121 Å². The minimum absolute atomic E-state index is 0.176. The molecule has 4 atom stereocenters. The van der Waals surface area contributed by atoms with Crippen LogP contribution in [0.25, 0.3) is 0 Å². The summed E-state index contributed by atoms with van der Waals surface area (Å²) >= 11 is 0. The van der Waals surface area contributed by atoms with Gasteiger partial charge in [0.05, 0.1) is 12.6 Å². The molecule has 0 bridgehead atoms. The van der Waals surface area contributed by atoms with Gasteiger partial charge in [-0.25, -0.2) is 9.59 Å². The number of ether oxygens (including phenoxy) is 1. The molecular weight excluding hydrogens is 590 g/mol. The lowest BCUT2D eigenvalue weighted by Crippen LogP contribution is -2.62. The van der Waals surface area contributed by atoms with Crippen LogP contribution >= 0.6 is 0 Å². The third-order valence-corrected chi connectivity index (χ3v) is 7.92. The first kappa shape index (κ1) is 40.8. The molecule has 12 heteroatoms. The lowest BCUT2D eigenvalue weighted by molar-refractivity contribution is -0.151. The maximum absolute atomic E-state index is 13.9. The van der Waals surface area contributed by atoms with E-state index in [1.165, 1.54) is 11.3 Å². The summed E-state index contributed by atoms with van der Waals surface area (Å²) in [5, 5.41) is 8.13. The molecule has 1 heterocycles. The van der Waals surface area contributed by atoms with Gasteiger partial charge in [0.25, 0.3) is 5.91 Å². The number of primary amides is 1. The Balaban J connectivity index is 0.00000338. The highest BCUT2D eigenvalue weighted by atomic mass is 16.5. The SMILES string of the molecule is CC(C)(C)COC(=O)C(NC(=O)NC(C(=O)N1CCC[C@H]1C(=O)NC(CC1CCC1)C(=O)C(N)=O)C(C)(C)C)C(C)(C)C.CCC. The van der Waals surface area contributed by atoms with E-state index in [2.05, 4.69) is 29.8 Å². The van der Waals surface area contributed by atoms with Crippen LogP contribution in [-0.4, -0.2) is 77.7 Å². The molecule has 1 aliphatic carbocycles. The van der Waals surface area contributed by atoms with Gasteiger partial charge in [-0.2, -0.15) is 0 Å². The zero-order valence-corrected chi connectivity index (χ0v) is 30.1. The fourth-order valence-electron chi connectivity index (χ4n) is 5.15. The summed E-state index contributed by atoms with van der Waals surface area (Å²) in [5.74, 6) is -3.30. The molecule has 0 spiro atoms. The Labute approximate surface area is 276 Å². The zero-order chi connectivity index (χ0) is 35.6. The van der Waals surface area contributed by atoms with Gasteiger partial charge in [-0.05, 0) is 41.4 Å². The van der Waals surface area contributed by atoms with E-state index < -0.39 is 70.5 Å². The van der Waals surface area contributed by atoms with Crippen LogP contribution in [0, 0.1) is 22.2 Å². The van der Waals surface area contributed by atoms with Crippen molar-refractivity contribution < 1.29 is 33.5 Å². The van der Waals surface area contributed by atoms with Crippen LogP contribution in [0.2, 0.25) is 0 Å². The first-order chi connectivity index (χ1) is 21.0. The molecule has 1 saturated heterocycles. The quantitative estimate of drug-likeness (QED) is 0.194. The lowest BCUT2D eigenvalue weighted by Gasteiger charge is -2.37. The molecule has 46 heavy (non-hydrogen) atoms.